The standard InChI is InChI=1S/C14H21NO3.ClH/c1-14(2,3)12(16)11(15)9-5-7-10(8-6-9)13(17)18-4;/h5-8,11-12,16H,15H2,1-4H3;1H/t11-,12-;/m0./s1. The van der Waals surface area contributed by atoms with Crippen LogP contribution >= 0.6 is 12.4 Å². The third-order valence-corrected chi connectivity index (χ3v) is 2.94. The Balaban J connectivity index is 0.00000324. The Hall–Kier alpha value is -1.10. The van der Waals surface area contributed by atoms with Gasteiger partial charge in [0.2, 0.25) is 0 Å². The number of ether oxygens (including phenoxy) is 1. The zero-order valence-corrected chi connectivity index (χ0v) is 12.5. The zero-order chi connectivity index (χ0) is 13.9. The summed E-state index contributed by atoms with van der Waals surface area (Å²) in [4.78, 5) is 11.3. The predicted octanol–water partition coefficient (Wildman–Crippen LogP) is 2.30. The molecule has 0 saturated carbocycles. The van der Waals surface area contributed by atoms with Gasteiger partial charge in [-0.15, -0.1) is 12.4 Å². The molecule has 4 nitrogen and oxygen atoms in total. The van der Waals surface area contributed by atoms with E-state index in [2.05, 4.69) is 4.74 Å². The Morgan fingerprint density at radius 1 is 1.26 bits per heavy atom. The third-order valence-electron chi connectivity index (χ3n) is 2.94. The molecule has 0 aliphatic heterocycles. The van der Waals surface area contributed by atoms with Crippen molar-refractivity contribution < 1.29 is 14.6 Å². The predicted molar refractivity (Wildman–Crippen MR) is 77.4 cm³/mol. The van der Waals surface area contributed by atoms with Gasteiger partial charge in [-0.3, -0.25) is 0 Å². The van der Waals surface area contributed by atoms with Crippen LogP contribution in [-0.2, 0) is 4.74 Å². The largest absolute Gasteiger partial charge is 0.465 e. The van der Waals surface area contributed by atoms with Crippen molar-refractivity contribution >= 4 is 18.4 Å². The number of esters is 1. The quantitative estimate of drug-likeness (QED) is 0.837. The summed E-state index contributed by atoms with van der Waals surface area (Å²) < 4.78 is 4.62. The maximum Gasteiger partial charge on any atom is 0.337 e. The normalized spacial score (nSPS) is 14.2. The number of carbonyl (C=O) groups is 1. The number of hydrogen-bond acceptors (Lipinski definition) is 4. The Kier molecular flexibility index (Phi) is 6.49. The van der Waals surface area contributed by atoms with E-state index in [0.717, 1.165) is 5.56 Å². The highest BCUT2D eigenvalue weighted by molar-refractivity contribution is 5.89. The summed E-state index contributed by atoms with van der Waals surface area (Å²) in [6.45, 7) is 5.79. The molecule has 0 radical (unpaired) electrons. The van der Waals surface area contributed by atoms with Gasteiger partial charge < -0.3 is 15.6 Å². The number of hydrogen-bond donors (Lipinski definition) is 2. The summed E-state index contributed by atoms with van der Waals surface area (Å²) in [6.07, 6.45) is -0.651. The van der Waals surface area contributed by atoms with E-state index in [-0.39, 0.29) is 23.8 Å². The van der Waals surface area contributed by atoms with Crippen molar-refractivity contribution in [3.05, 3.63) is 35.4 Å². The van der Waals surface area contributed by atoms with Crippen LogP contribution in [0.4, 0.5) is 0 Å². The van der Waals surface area contributed by atoms with Crippen molar-refractivity contribution in [2.75, 3.05) is 7.11 Å². The Morgan fingerprint density at radius 2 is 1.74 bits per heavy atom. The van der Waals surface area contributed by atoms with E-state index in [1.165, 1.54) is 7.11 Å². The smallest absolute Gasteiger partial charge is 0.337 e. The van der Waals surface area contributed by atoms with Crippen LogP contribution in [0.15, 0.2) is 24.3 Å². The van der Waals surface area contributed by atoms with Crippen LogP contribution in [0.25, 0.3) is 0 Å². The van der Waals surface area contributed by atoms with E-state index >= 15 is 0 Å². The van der Waals surface area contributed by atoms with Crippen LogP contribution in [0, 0.1) is 5.41 Å². The summed E-state index contributed by atoms with van der Waals surface area (Å²) >= 11 is 0. The number of benzene rings is 1. The molecular weight excluding hydrogens is 266 g/mol. The second-order valence-corrected chi connectivity index (χ2v) is 5.45. The van der Waals surface area contributed by atoms with Gasteiger partial charge in [-0.1, -0.05) is 32.9 Å². The topological polar surface area (TPSA) is 72.5 Å². The lowest BCUT2D eigenvalue weighted by Gasteiger charge is -2.31. The maximum atomic E-state index is 11.3. The molecule has 19 heavy (non-hydrogen) atoms. The molecule has 3 N–H and O–H groups in total. The van der Waals surface area contributed by atoms with E-state index in [0.29, 0.717) is 5.56 Å². The van der Waals surface area contributed by atoms with E-state index in [1.807, 2.05) is 20.8 Å². The van der Waals surface area contributed by atoms with Gasteiger partial charge in [-0.25, -0.2) is 4.79 Å². The van der Waals surface area contributed by atoms with Crippen LogP contribution in [0.2, 0.25) is 0 Å². The molecule has 0 bridgehead atoms. The first-order chi connectivity index (χ1) is 8.27. The molecule has 0 heterocycles. The molecule has 0 saturated heterocycles. The first-order valence-corrected chi connectivity index (χ1v) is 5.89. The van der Waals surface area contributed by atoms with Gasteiger partial charge in [0, 0.05) is 0 Å². The molecule has 1 rings (SSSR count). The fraction of sp³-hybridized carbons (Fsp3) is 0.500. The minimum absolute atomic E-state index is 0. The molecule has 108 valence electrons. The van der Waals surface area contributed by atoms with E-state index in [9.17, 15) is 9.90 Å². The number of halogens is 1. The molecule has 2 atom stereocenters. The highest BCUT2D eigenvalue weighted by atomic mass is 35.5. The average molecular weight is 288 g/mol. The Labute approximate surface area is 120 Å². The van der Waals surface area contributed by atoms with Crippen molar-refractivity contribution in [3.63, 3.8) is 0 Å². The minimum Gasteiger partial charge on any atom is -0.465 e. The van der Waals surface area contributed by atoms with Crippen LogP contribution < -0.4 is 5.73 Å². The lowest BCUT2D eigenvalue weighted by atomic mass is 9.82. The third kappa shape index (κ3) is 4.49. The SMILES string of the molecule is COC(=O)c1ccc([C@H](N)[C@H](O)C(C)(C)C)cc1.Cl. The van der Waals surface area contributed by atoms with Gasteiger partial charge in [0.1, 0.15) is 0 Å². The van der Waals surface area contributed by atoms with Crippen molar-refractivity contribution in [2.45, 2.75) is 32.9 Å². The van der Waals surface area contributed by atoms with Gasteiger partial charge >= 0.3 is 5.97 Å². The first kappa shape index (κ1) is 17.9. The van der Waals surface area contributed by atoms with Crippen LogP contribution in [0.3, 0.4) is 0 Å². The summed E-state index contributed by atoms with van der Waals surface area (Å²) in [5, 5.41) is 10.1. The molecule has 0 amide bonds. The van der Waals surface area contributed by atoms with E-state index < -0.39 is 12.1 Å². The van der Waals surface area contributed by atoms with Crippen LogP contribution in [0.5, 0.6) is 0 Å². The summed E-state index contributed by atoms with van der Waals surface area (Å²) in [7, 11) is 1.34. The molecule has 5 heteroatoms. The van der Waals surface area contributed by atoms with E-state index in [1.54, 1.807) is 24.3 Å². The summed E-state index contributed by atoms with van der Waals surface area (Å²) in [5.41, 5.74) is 6.99. The summed E-state index contributed by atoms with van der Waals surface area (Å²) in [6, 6.07) is 6.31. The molecule has 0 aliphatic rings. The van der Waals surface area contributed by atoms with Gasteiger partial charge in [-0.2, -0.15) is 0 Å². The maximum absolute atomic E-state index is 11.3. The summed E-state index contributed by atoms with van der Waals surface area (Å²) in [5.74, 6) is -0.383. The number of nitrogens with two attached hydrogens (primary N) is 1. The second kappa shape index (κ2) is 6.89. The van der Waals surface area contributed by atoms with Crippen molar-refractivity contribution in [3.8, 4) is 0 Å². The Morgan fingerprint density at radius 3 is 2.11 bits per heavy atom. The van der Waals surface area contributed by atoms with Crippen molar-refractivity contribution in [2.24, 2.45) is 11.1 Å². The first-order valence-electron chi connectivity index (χ1n) is 5.89. The highest BCUT2D eigenvalue weighted by Gasteiger charge is 2.29. The molecule has 1 aromatic rings. The lowest BCUT2D eigenvalue weighted by Crippen LogP contribution is -2.36. The average Bonchev–Trinajstić information content (AvgIpc) is 2.35. The van der Waals surface area contributed by atoms with Crippen molar-refractivity contribution in [1.29, 1.82) is 0 Å². The van der Waals surface area contributed by atoms with Gasteiger partial charge in [0.15, 0.2) is 0 Å². The number of rotatable bonds is 3. The second-order valence-electron chi connectivity index (χ2n) is 5.45. The molecule has 1 aromatic carbocycles. The lowest BCUT2D eigenvalue weighted by molar-refractivity contribution is 0.0401. The van der Waals surface area contributed by atoms with Gasteiger partial charge in [-0.05, 0) is 23.1 Å². The van der Waals surface area contributed by atoms with Gasteiger partial charge in [0.25, 0.3) is 0 Å². The van der Waals surface area contributed by atoms with Crippen LogP contribution in [0.1, 0.15) is 42.7 Å². The molecular formula is C14H22ClNO3. The van der Waals surface area contributed by atoms with Crippen molar-refractivity contribution in [1.82, 2.24) is 0 Å². The van der Waals surface area contributed by atoms with Gasteiger partial charge in [0.05, 0.1) is 24.8 Å². The number of aliphatic hydroxyl groups is 1. The molecule has 0 aromatic heterocycles. The Bertz CT molecular complexity index is 412. The number of carbonyl (C=O) groups excluding carboxylic acids is 1. The highest BCUT2D eigenvalue weighted by Crippen LogP contribution is 2.28. The molecule has 0 spiro atoms. The fourth-order valence-corrected chi connectivity index (χ4v) is 1.68. The monoisotopic (exact) mass is 287 g/mol. The molecule has 0 aliphatic carbocycles. The van der Waals surface area contributed by atoms with Crippen LogP contribution in [-0.4, -0.2) is 24.3 Å². The number of aliphatic hydroxyl groups excluding tert-OH is 1. The molecule has 0 unspecified atom stereocenters. The molecule has 0 fully saturated rings. The number of methoxy groups -OCH3 is 1. The minimum atomic E-state index is -0.651. The van der Waals surface area contributed by atoms with E-state index in [4.69, 9.17) is 5.73 Å². The fourth-order valence-electron chi connectivity index (χ4n) is 1.68. The zero-order valence-electron chi connectivity index (χ0n) is 11.7.